The SMILES string of the molecule is N#Cc1ccc2cc(C(=O)Cc3ccccc3)ccc2c1. The number of carbonyl (C=O) groups is 1. The molecule has 2 heteroatoms. The molecule has 0 atom stereocenters. The fourth-order valence-electron chi connectivity index (χ4n) is 2.37. The average molecular weight is 271 g/mol. The summed E-state index contributed by atoms with van der Waals surface area (Å²) in [6.45, 7) is 0. The van der Waals surface area contributed by atoms with Gasteiger partial charge in [0.15, 0.2) is 5.78 Å². The van der Waals surface area contributed by atoms with Crippen LogP contribution in [0.25, 0.3) is 10.8 Å². The van der Waals surface area contributed by atoms with Crippen LogP contribution < -0.4 is 0 Å². The molecule has 0 unspecified atom stereocenters. The Morgan fingerprint density at radius 3 is 2.38 bits per heavy atom. The van der Waals surface area contributed by atoms with Crippen molar-refractivity contribution in [2.24, 2.45) is 0 Å². The highest BCUT2D eigenvalue weighted by molar-refractivity contribution is 6.01. The summed E-state index contributed by atoms with van der Waals surface area (Å²) >= 11 is 0. The quantitative estimate of drug-likeness (QED) is 0.672. The summed E-state index contributed by atoms with van der Waals surface area (Å²) in [6, 6.07) is 23.0. The lowest BCUT2D eigenvalue weighted by atomic mass is 9.99. The van der Waals surface area contributed by atoms with Crippen molar-refractivity contribution in [2.45, 2.75) is 6.42 Å². The minimum Gasteiger partial charge on any atom is -0.294 e. The molecular formula is C19H13NO. The lowest BCUT2D eigenvalue weighted by molar-refractivity contribution is 0.0993. The van der Waals surface area contributed by atoms with Crippen LogP contribution in [0.15, 0.2) is 66.7 Å². The van der Waals surface area contributed by atoms with E-state index in [4.69, 9.17) is 5.26 Å². The van der Waals surface area contributed by atoms with Crippen LogP contribution in [0.4, 0.5) is 0 Å². The molecule has 0 aliphatic rings. The van der Waals surface area contributed by atoms with Crippen LogP contribution >= 0.6 is 0 Å². The first-order valence-electron chi connectivity index (χ1n) is 6.77. The van der Waals surface area contributed by atoms with Gasteiger partial charge in [-0.15, -0.1) is 0 Å². The van der Waals surface area contributed by atoms with Gasteiger partial charge in [-0.3, -0.25) is 4.79 Å². The topological polar surface area (TPSA) is 40.9 Å². The lowest BCUT2D eigenvalue weighted by Gasteiger charge is -2.04. The van der Waals surface area contributed by atoms with Gasteiger partial charge in [0.2, 0.25) is 0 Å². The monoisotopic (exact) mass is 271 g/mol. The van der Waals surface area contributed by atoms with Gasteiger partial charge >= 0.3 is 0 Å². The molecule has 0 saturated carbocycles. The Balaban J connectivity index is 1.91. The van der Waals surface area contributed by atoms with Crippen LogP contribution in [0.1, 0.15) is 21.5 Å². The molecule has 0 aliphatic carbocycles. The zero-order valence-corrected chi connectivity index (χ0v) is 11.4. The summed E-state index contributed by atoms with van der Waals surface area (Å²) in [4.78, 5) is 12.3. The Morgan fingerprint density at radius 1 is 0.905 bits per heavy atom. The Bertz CT molecular complexity index is 844. The van der Waals surface area contributed by atoms with Crippen molar-refractivity contribution in [3.8, 4) is 6.07 Å². The fourth-order valence-corrected chi connectivity index (χ4v) is 2.37. The maximum Gasteiger partial charge on any atom is 0.167 e. The van der Waals surface area contributed by atoms with Crippen molar-refractivity contribution in [3.63, 3.8) is 0 Å². The van der Waals surface area contributed by atoms with Crippen LogP contribution in [-0.4, -0.2) is 5.78 Å². The first-order chi connectivity index (χ1) is 10.3. The predicted molar refractivity (Wildman–Crippen MR) is 83.1 cm³/mol. The summed E-state index contributed by atoms with van der Waals surface area (Å²) in [7, 11) is 0. The number of fused-ring (bicyclic) bond motifs is 1. The van der Waals surface area contributed by atoms with Gasteiger partial charge in [0.1, 0.15) is 0 Å². The van der Waals surface area contributed by atoms with Crippen LogP contribution in [0, 0.1) is 11.3 Å². The molecule has 0 spiro atoms. The van der Waals surface area contributed by atoms with Crippen molar-refractivity contribution in [3.05, 3.63) is 83.4 Å². The van der Waals surface area contributed by atoms with Crippen LogP contribution in [0.5, 0.6) is 0 Å². The third kappa shape index (κ3) is 2.82. The minimum absolute atomic E-state index is 0.104. The molecule has 2 nitrogen and oxygen atoms in total. The number of carbonyl (C=O) groups excluding carboxylic acids is 1. The zero-order chi connectivity index (χ0) is 14.7. The van der Waals surface area contributed by atoms with E-state index < -0.39 is 0 Å². The molecule has 100 valence electrons. The van der Waals surface area contributed by atoms with Gasteiger partial charge in [0.05, 0.1) is 11.6 Å². The minimum atomic E-state index is 0.104. The van der Waals surface area contributed by atoms with Gasteiger partial charge in [0, 0.05) is 12.0 Å². The zero-order valence-electron chi connectivity index (χ0n) is 11.4. The predicted octanol–water partition coefficient (Wildman–Crippen LogP) is 4.14. The highest BCUT2D eigenvalue weighted by Gasteiger charge is 2.08. The first kappa shape index (κ1) is 13.1. The van der Waals surface area contributed by atoms with Gasteiger partial charge in [-0.2, -0.15) is 5.26 Å². The molecule has 3 aromatic rings. The molecule has 21 heavy (non-hydrogen) atoms. The van der Waals surface area contributed by atoms with E-state index >= 15 is 0 Å². The third-order valence-corrected chi connectivity index (χ3v) is 3.50. The number of ketones is 1. The number of benzene rings is 3. The third-order valence-electron chi connectivity index (χ3n) is 3.50. The Hall–Kier alpha value is -2.92. The molecule has 0 amide bonds. The molecule has 0 aliphatic heterocycles. The molecular weight excluding hydrogens is 258 g/mol. The molecule has 0 aromatic heterocycles. The van der Waals surface area contributed by atoms with Gasteiger partial charge in [0.25, 0.3) is 0 Å². The van der Waals surface area contributed by atoms with E-state index in [1.54, 1.807) is 6.07 Å². The second-order valence-corrected chi connectivity index (χ2v) is 4.97. The number of hydrogen-bond acceptors (Lipinski definition) is 2. The van der Waals surface area contributed by atoms with E-state index in [-0.39, 0.29) is 5.78 Å². The summed E-state index contributed by atoms with van der Waals surface area (Å²) in [5.74, 6) is 0.104. The molecule has 0 bridgehead atoms. The van der Waals surface area contributed by atoms with Gasteiger partial charge < -0.3 is 0 Å². The largest absolute Gasteiger partial charge is 0.294 e. The lowest BCUT2D eigenvalue weighted by Crippen LogP contribution is -2.03. The summed E-state index contributed by atoms with van der Waals surface area (Å²) in [5, 5.41) is 10.9. The van der Waals surface area contributed by atoms with E-state index in [0.717, 1.165) is 16.3 Å². The Morgan fingerprint density at radius 2 is 1.62 bits per heavy atom. The molecule has 3 aromatic carbocycles. The van der Waals surface area contributed by atoms with Crippen molar-refractivity contribution in [1.29, 1.82) is 5.26 Å². The van der Waals surface area contributed by atoms with E-state index in [0.29, 0.717) is 17.5 Å². The average Bonchev–Trinajstić information content (AvgIpc) is 2.54. The number of nitrogens with zero attached hydrogens (tertiary/aromatic N) is 1. The van der Waals surface area contributed by atoms with E-state index in [1.165, 1.54) is 0 Å². The molecule has 0 heterocycles. The number of nitriles is 1. The van der Waals surface area contributed by atoms with Crippen LogP contribution in [0.3, 0.4) is 0 Å². The highest BCUT2D eigenvalue weighted by atomic mass is 16.1. The molecule has 0 saturated heterocycles. The highest BCUT2D eigenvalue weighted by Crippen LogP contribution is 2.19. The standard InChI is InChI=1S/C19H13NO/c20-13-15-6-7-17-12-18(9-8-16(17)10-15)19(21)11-14-4-2-1-3-5-14/h1-10,12H,11H2. The summed E-state index contributed by atoms with van der Waals surface area (Å²) in [5.41, 5.74) is 2.35. The summed E-state index contributed by atoms with van der Waals surface area (Å²) < 4.78 is 0. The smallest absolute Gasteiger partial charge is 0.167 e. The van der Waals surface area contributed by atoms with Gasteiger partial charge in [-0.05, 0) is 34.5 Å². The Labute approximate surface area is 123 Å². The van der Waals surface area contributed by atoms with Crippen molar-refractivity contribution in [2.75, 3.05) is 0 Å². The normalized spacial score (nSPS) is 10.2. The van der Waals surface area contributed by atoms with E-state index in [2.05, 4.69) is 6.07 Å². The van der Waals surface area contributed by atoms with Crippen LogP contribution in [0.2, 0.25) is 0 Å². The second kappa shape index (κ2) is 5.60. The summed E-state index contributed by atoms with van der Waals surface area (Å²) in [6.07, 6.45) is 0.405. The van der Waals surface area contributed by atoms with Crippen molar-refractivity contribution >= 4 is 16.6 Å². The van der Waals surface area contributed by atoms with Crippen molar-refractivity contribution < 1.29 is 4.79 Å². The molecule has 3 rings (SSSR count). The van der Waals surface area contributed by atoms with E-state index in [9.17, 15) is 4.79 Å². The van der Waals surface area contributed by atoms with Gasteiger partial charge in [-0.25, -0.2) is 0 Å². The molecule has 0 N–H and O–H groups in total. The fraction of sp³-hybridized carbons (Fsp3) is 0.0526. The molecule has 0 radical (unpaired) electrons. The van der Waals surface area contributed by atoms with Crippen LogP contribution in [-0.2, 0) is 6.42 Å². The second-order valence-electron chi connectivity index (χ2n) is 4.97. The molecule has 0 fully saturated rings. The maximum absolute atomic E-state index is 12.3. The van der Waals surface area contributed by atoms with Crippen molar-refractivity contribution in [1.82, 2.24) is 0 Å². The Kier molecular flexibility index (Phi) is 3.49. The number of Topliss-reactive ketones (excluding diaryl/α,β-unsaturated/α-hetero) is 1. The van der Waals surface area contributed by atoms with Gasteiger partial charge in [-0.1, -0.05) is 48.5 Å². The van der Waals surface area contributed by atoms with E-state index in [1.807, 2.05) is 60.7 Å². The number of hydrogen-bond donors (Lipinski definition) is 0. The first-order valence-corrected chi connectivity index (χ1v) is 6.77. The number of rotatable bonds is 3. The maximum atomic E-state index is 12.3.